The van der Waals surface area contributed by atoms with Crippen LogP contribution in [0.3, 0.4) is 0 Å². The third kappa shape index (κ3) is 5.95. The highest BCUT2D eigenvalue weighted by atomic mass is 16.2. The second-order valence-corrected chi connectivity index (χ2v) is 11.3. The Labute approximate surface area is 249 Å². The average Bonchev–Trinajstić information content (AvgIpc) is 3.72. The second kappa shape index (κ2) is 12.2. The van der Waals surface area contributed by atoms with Crippen LogP contribution in [0.1, 0.15) is 31.2 Å². The van der Waals surface area contributed by atoms with Crippen molar-refractivity contribution in [2.45, 2.75) is 38.1 Å². The van der Waals surface area contributed by atoms with Gasteiger partial charge in [-0.1, -0.05) is 30.3 Å². The highest BCUT2D eigenvalue weighted by molar-refractivity contribution is 6.17. The lowest BCUT2D eigenvalue weighted by atomic mass is 9.81. The monoisotopic (exact) mass is 577 g/mol. The number of carbonyl (C=O) groups excluding carboxylic acids is 2. The highest BCUT2D eigenvalue weighted by Gasteiger charge is 2.35. The number of nitrogens with zero attached hydrogens (tertiary/aromatic N) is 6. The van der Waals surface area contributed by atoms with Crippen LogP contribution < -0.4 is 16.4 Å². The molecule has 0 bridgehead atoms. The fourth-order valence-corrected chi connectivity index (χ4v) is 5.88. The van der Waals surface area contributed by atoms with E-state index in [4.69, 9.17) is 11.5 Å². The zero-order valence-corrected chi connectivity index (χ0v) is 24.1. The van der Waals surface area contributed by atoms with Gasteiger partial charge in [0.1, 0.15) is 0 Å². The predicted molar refractivity (Wildman–Crippen MR) is 164 cm³/mol. The van der Waals surface area contributed by atoms with Gasteiger partial charge >= 0.3 is 0 Å². The molecule has 6 rings (SSSR count). The van der Waals surface area contributed by atoms with Crippen molar-refractivity contribution < 1.29 is 9.59 Å². The van der Waals surface area contributed by atoms with E-state index in [0.29, 0.717) is 48.8 Å². The number of aromatic amines is 1. The number of imide groups is 1. The van der Waals surface area contributed by atoms with E-state index in [1.807, 2.05) is 48.0 Å². The summed E-state index contributed by atoms with van der Waals surface area (Å²) < 4.78 is 1.99. The molecule has 0 saturated heterocycles. The number of nitrogens with one attached hydrogen (secondary N) is 1. The summed E-state index contributed by atoms with van der Waals surface area (Å²) in [6.07, 6.45) is 5.25. The number of fused-ring (bicyclic) bond motifs is 1. The second-order valence-electron chi connectivity index (χ2n) is 11.3. The molecule has 2 aromatic heterocycles. The third-order valence-electron chi connectivity index (χ3n) is 8.48. The lowest BCUT2D eigenvalue weighted by molar-refractivity contribution is -0.130. The largest absolute Gasteiger partial charge is 0.334 e. The smallest absolute Gasteiger partial charge is 0.251 e. The molecule has 5 aromatic rings. The van der Waals surface area contributed by atoms with Gasteiger partial charge in [0.15, 0.2) is 0 Å². The van der Waals surface area contributed by atoms with Crippen molar-refractivity contribution in [3.63, 3.8) is 0 Å². The molecule has 11 heteroatoms. The van der Waals surface area contributed by atoms with Gasteiger partial charge in [0, 0.05) is 18.5 Å². The minimum absolute atomic E-state index is 0.218. The Morgan fingerprint density at radius 1 is 0.977 bits per heavy atom. The molecular weight excluding hydrogens is 542 g/mol. The van der Waals surface area contributed by atoms with Gasteiger partial charge in [-0.2, -0.15) is 5.21 Å². The molecule has 1 fully saturated rings. The minimum Gasteiger partial charge on any atom is -0.334 e. The third-order valence-corrected chi connectivity index (χ3v) is 8.48. The van der Waals surface area contributed by atoms with Crippen LogP contribution >= 0.6 is 0 Å². The molecule has 1 aliphatic rings. The van der Waals surface area contributed by atoms with Crippen LogP contribution in [0, 0.1) is 11.8 Å². The summed E-state index contributed by atoms with van der Waals surface area (Å²) in [5.41, 5.74) is 18.6. The number of rotatable bonds is 8. The molecular formula is C32H35N9O2. The number of hydrogen-bond acceptors (Lipinski definition) is 8. The van der Waals surface area contributed by atoms with Crippen molar-refractivity contribution in [3.8, 4) is 22.5 Å². The van der Waals surface area contributed by atoms with E-state index in [9.17, 15) is 9.59 Å². The lowest BCUT2D eigenvalue weighted by Gasteiger charge is -2.32. The summed E-state index contributed by atoms with van der Waals surface area (Å²) in [4.78, 5) is 33.4. The van der Waals surface area contributed by atoms with Crippen molar-refractivity contribution in [2.24, 2.45) is 30.4 Å². The summed E-state index contributed by atoms with van der Waals surface area (Å²) in [5.74, 6) is -0.0602. The van der Waals surface area contributed by atoms with Gasteiger partial charge in [0.25, 0.3) is 5.91 Å². The number of benzene rings is 3. The number of carbonyl (C=O) groups is 2. The lowest BCUT2D eigenvalue weighted by Crippen LogP contribution is -2.50. The zero-order valence-electron chi connectivity index (χ0n) is 24.1. The molecule has 1 saturated carbocycles. The Morgan fingerprint density at radius 3 is 2.35 bits per heavy atom. The van der Waals surface area contributed by atoms with Gasteiger partial charge < -0.3 is 16.0 Å². The van der Waals surface area contributed by atoms with Gasteiger partial charge in [0.2, 0.25) is 11.7 Å². The van der Waals surface area contributed by atoms with Crippen LogP contribution in [0.15, 0.2) is 73.1 Å². The van der Waals surface area contributed by atoms with Crippen LogP contribution in [-0.2, 0) is 23.1 Å². The molecule has 11 nitrogen and oxygen atoms in total. The number of nitrogens with two attached hydrogens (primary N) is 2. The van der Waals surface area contributed by atoms with Crippen molar-refractivity contribution in [1.82, 2.24) is 30.2 Å². The Balaban J connectivity index is 1.21. The molecule has 0 radical (unpaired) electrons. The first-order chi connectivity index (χ1) is 20.9. The number of amides is 2. The van der Waals surface area contributed by atoms with Crippen LogP contribution in [0.25, 0.3) is 33.5 Å². The Bertz CT molecular complexity index is 1700. The first-order valence-electron chi connectivity index (χ1n) is 14.6. The number of hydrogen-bond donors (Lipinski definition) is 3. The summed E-state index contributed by atoms with van der Waals surface area (Å²) in [6.45, 7) is 0.614. The first kappa shape index (κ1) is 28.4. The molecule has 2 heterocycles. The Morgan fingerprint density at radius 2 is 1.67 bits per heavy atom. The van der Waals surface area contributed by atoms with E-state index in [1.165, 1.54) is 4.90 Å². The first-order valence-corrected chi connectivity index (χ1v) is 14.6. The van der Waals surface area contributed by atoms with Gasteiger partial charge in [-0.25, -0.2) is 9.88 Å². The number of aromatic nitrogens is 6. The minimum atomic E-state index is -0.905. The Hall–Kier alpha value is -4.74. The van der Waals surface area contributed by atoms with Crippen molar-refractivity contribution >= 4 is 28.5 Å². The number of imidazole rings is 1. The maximum absolute atomic E-state index is 13.9. The molecule has 43 heavy (non-hydrogen) atoms. The van der Waals surface area contributed by atoms with Gasteiger partial charge in [0.05, 0.1) is 29.1 Å². The highest BCUT2D eigenvalue weighted by Crippen LogP contribution is 2.32. The zero-order chi connectivity index (χ0) is 29.9. The number of aryl methyl sites for hydroxylation is 1. The summed E-state index contributed by atoms with van der Waals surface area (Å²) in [7, 11) is 1.97. The van der Waals surface area contributed by atoms with E-state index in [1.54, 1.807) is 30.6 Å². The van der Waals surface area contributed by atoms with Crippen LogP contribution in [0.2, 0.25) is 0 Å². The molecule has 5 N–H and O–H groups in total. The number of H-pyrrole nitrogens is 1. The molecule has 1 atom stereocenters. The summed E-state index contributed by atoms with van der Waals surface area (Å²) in [5, 5.41) is 14.0. The van der Waals surface area contributed by atoms with Gasteiger partial charge in [-0.15, -0.1) is 10.2 Å². The van der Waals surface area contributed by atoms with E-state index in [0.717, 1.165) is 40.6 Å². The summed E-state index contributed by atoms with van der Waals surface area (Å²) in [6, 6.07) is 20.3. The maximum Gasteiger partial charge on any atom is 0.251 e. The van der Waals surface area contributed by atoms with E-state index in [2.05, 4.69) is 31.7 Å². The summed E-state index contributed by atoms with van der Waals surface area (Å²) >= 11 is 0. The normalized spacial score (nSPS) is 17.6. The Kier molecular flexibility index (Phi) is 8.08. The fourth-order valence-electron chi connectivity index (χ4n) is 5.88. The number of anilines is 1. The van der Waals surface area contributed by atoms with Crippen molar-refractivity contribution in [2.75, 3.05) is 11.4 Å². The van der Waals surface area contributed by atoms with Crippen molar-refractivity contribution in [1.29, 1.82) is 0 Å². The molecule has 0 unspecified atom stereocenters. The van der Waals surface area contributed by atoms with Crippen LogP contribution in [0.5, 0.6) is 0 Å². The van der Waals surface area contributed by atoms with E-state index < -0.39 is 11.9 Å². The molecule has 0 spiro atoms. The molecule has 220 valence electrons. The SMILES string of the molecule is Cn1cnc2ccc(-c3ccc(C[C@H](N)C(=O)N(C(=O)C4CCC(CN)CC4)c4ccc(-c5nn[nH]n5)cc4)cc3)cc21. The van der Waals surface area contributed by atoms with E-state index >= 15 is 0 Å². The van der Waals surface area contributed by atoms with Gasteiger partial charge in [-0.3, -0.25) is 9.59 Å². The molecule has 2 amide bonds. The number of tetrazole rings is 1. The van der Waals surface area contributed by atoms with E-state index in [-0.39, 0.29) is 11.8 Å². The topological polar surface area (TPSA) is 162 Å². The average molecular weight is 578 g/mol. The van der Waals surface area contributed by atoms with Crippen LogP contribution in [-0.4, -0.2) is 54.6 Å². The van der Waals surface area contributed by atoms with Gasteiger partial charge in [-0.05, 0) is 103 Å². The fraction of sp³-hybridized carbons (Fsp3) is 0.312. The predicted octanol–water partition coefficient (Wildman–Crippen LogP) is 3.62. The van der Waals surface area contributed by atoms with Crippen molar-refractivity contribution in [3.05, 3.63) is 78.6 Å². The quantitative estimate of drug-likeness (QED) is 0.252. The standard InChI is InChI=1S/C32H35N9O2/c1-40-19-35-28-15-12-25(17-29(28)40)22-6-2-20(3-7-22)16-27(34)32(43)41(31(42)24-8-4-21(18-33)5-9-24)26-13-10-23(11-14-26)30-36-38-39-37-30/h2-3,6-7,10-15,17,19,21,24,27H,4-5,8-9,16,18,33-34H2,1H3,(H,36,37,38,39)/t21?,24?,27-/m0/s1. The molecule has 1 aliphatic carbocycles. The maximum atomic E-state index is 13.9. The van der Waals surface area contributed by atoms with Crippen LogP contribution in [0.4, 0.5) is 5.69 Å². The molecule has 3 aromatic carbocycles. The molecule has 0 aliphatic heterocycles.